The van der Waals surface area contributed by atoms with Crippen LogP contribution < -0.4 is 15.6 Å². The van der Waals surface area contributed by atoms with Gasteiger partial charge in [0.15, 0.2) is 17.6 Å². The van der Waals surface area contributed by atoms with Crippen LogP contribution in [0.1, 0.15) is 35.0 Å². The normalized spacial score (nSPS) is 11.7. The van der Waals surface area contributed by atoms with Crippen LogP contribution in [0.3, 0.4) is 0 Å². The van der Waals surface area contributed by atoms with E-state index in [1.54, 1.807) is 67.2 Å². The number of nitrogens with one attached hydrogen (secondary N) is 1. The highest BCUT2D eigenvalue weighted by Gasteiger charge is 2.34. The SMILES string of the molecule is CCOC(=O)c1nnn(C(C(=O)Nc2cc(Cl)ccc2OC)c2nc3cn(-c4ccccc4)cc3c(=O)n2-c2ccccc2)c1C. The fourth-order valence-corrected chi connectivity index (χ4v) is 5.32. The summed E-state index contributed by atoms with van der Waals surface area (Å²) in [4.78, 5) is 46.4. The molecule has 1 unspecified atom stereocenters. The molecule has 46 heavy (non-hydrogen) atoms. The lowest BCUT2D eigenvalue weighted by Crippen LogP contribution is -2.35. The van der Waals surface area contributed by atoms with Crippen molar-refractivity contribution in [3.63, 3.8) is 0 Å². The van der Waals surface area contributed by atoms with Gasteiger partial charge in [0.05, 0.1) is 41.7 Å². The van der Waals surface area contributed by atoms with E-state index in [-0.39, 0.29) is 29.5 Å². The fraction of sp³-hybridized carbons (Fsp3) is 0.152. The Morgan fingerprint density at radius 2 is 1.67 bits per heavy atom. The number of nitrogens with zero attached hydrogens (tertiary/aromatic N) is 6. The van der Waals surface area contributed by atoms with E-state index in [2.05, 4.69) is 15.6 Å². The van der Waals surface area contributed by atoms with E-state index in [4.69, 9.17) is 26.1 Å². The van der Waals surface area contributed by atoms with Gasteiger partial charge in [0.2, 0.25) is 0 Å². The molecule has 0 aliphatic heterocycles. The molecule has 12 nitrogen and oxygen atoms in total. The van der Waals surface area contributed by atoms with Crippen molar-refractivity contribution in [3.8, 4) is 17.1 Å². The largest absolute Gasteiger partial charge is 0.495 e. The Hall–Kier alpha value is -5.75. The summed E-state index contributed by atoms with van der Waals surface area (Å²) in [6.45, 7) is 3.38. The molecule has 3 aromatic carbocycles. The second kappa shape index (κ2) is 12.7. The number of rotatable bonds is 9. The topological polar surface area (TPSA) is 135 Å². The minimum absolute atomic E-state index is 0.0245. The van der Waals surface area contributed by atoms with Crippen LogP contribution in [0, 0.1) is 6.92 Å². The third-order valence-electron chi connectivity index (χ3n) is 7.32. The van der Waals surface area contributed by atoms with Crippen molar-refractivity contribution in [1.29, 1.82) is 0 Å². The van der Waals surface area contributed by atoms with Crippen molar-refractivity contribution < 1.29 is 19.1 Å². The average molecular weight is 638 g/mol. The highest BCUT2D eigenvalue weighted by Crippen LogP contribution is 2.31. The highest BCUT2D eigenvalue weighted by molar-refractivity contribution is 6.31. The van der Waals surface area contributed by atoms with Gasteiger partial charge in [0.1, 0.15) is 5.75 Å². The van der Waals surface area contributed by atoms with Crippen LogP contribution in [-0.2, 0) is 9.53 Å². The maximum Gasteiger partial charge on any atom is 0.360 e. The van der Waals surface area contributed by atoms with Crippen LogP contribution >= 0.6 is 11.6 Å². The van der Waals surface area contributed by atoms with Gasteiger partial charge in [-0.1, -0.05) is 53.2 Å². The number of anilines is 1. The first-order valence-corrected chi connectivity index (χ1v) is 14.7. The van der Waals surface area contributed by atoms with Crippen molar-refractivity contribution in [3.05, 3.63) is 124 Å². The van der Waals surface area contributed by atoms with Crippen molar-refractivity contribution in [2.24, 2.45) is 0 Å². The molecule has 0 aliphatic carbocycles. The number of para-hydroxylation sites is 2. The number of carbonyl (C=O) groups excluding carboxylic acids is 2. The smallest absolute Gasteiger partial charge is 0.360 e. The van der Waals surface area contributed by atoms with Gasteiger partial charge in [0, 0.05) is 23.1 Å². The molecule has 0 spiro atoms. The van der Waals surface area contributed by atoms with Crippen molar-refractivity contribution in [2.75, 3.05) is 19.0 Å². The van der Waals surface area contributed by atoms with E-state index in [0.717, 1.165) is 5.69 Å². The van der Waals surface area contributed by atoms with E-state index in [9.17, 15) is 14.4 Å². The Morgan fingerprint density at radius 3 is 2.35 bits per heavy atom. The number of hydrogen-bond acceptors (Lipinski definition) is 8. The molecule has 1 atom stereocenters. The van der Waals surface area contributed by atoms with Crippen molar-refractivity contribution in [1.82, 2.24) is 29.1 Å². The number of esters is 1. The van der Waals surface area contributed by atoms with E-state index >= 15 is 0 Å². The van der Waals surface area contributed by atoms with Crippen LogP contribution in [0.15, 0.2) is 96.1 Å². The molecule has 6 rings (SSSR count). The zero-order valence-electron chi connectivity index (χ0n) is 25.0. The Morgan fingerprint density at radius 1 is 0.978 bits per heavy atom. The minimum Gasteiger partial charge on any atom is -0.495 e. The molecule has 0 saturated carbocycles. The molecular formula is C33H28ClN7O5. The molecule has 3 heterocycles. The van der Waals surface area contributed by atoms with Gasteiger partial charge >= 0.3 is 5.97 Å². The summed E-state index contributed by atoms with van der Waals surface area (Å²) < 4.78 is 15.0. The fourth-order valence-electron chi connectivity index (χ4n) is 5.15. The molecule has 0 bridgehead atoms. The monoisotopic (exact) mass is 637 g/mol. The molecule has 0 radical (unpaired) electrons. The standard InChI is InChI=1S/C33H28ClN7O5/c1-4-46-33(44)28-20(2)41(38-37-28)29(31(42)36-25-17-21(34)15-16-27(25)45-3)30-35-26-19-39(22-11-7-5-8-12-22)18-24(26)32(43)40(30)23-13-9-6-10-14-23/h5-19,29H,4H2,1-3H3,(H,36,42). The van der Waals surface area contributed by atoms with Gasteiger partial charge in [-0.15, -0.1) is 5.10 Å². The Balaban J connectivity index is 1.62. The Kier molecular flexibility index (Phi) is 8.36. The first kappa shape index (κ1) is 30.3. The van der Waals surface area contributed by atoms with Crippen molar-refractivity contribution >= 4 is 40.1 Å². The predicted molar refractivity (Wildman–Crippen MR) is 172 cm³/mol. The molecule has 0 aliphatic rings. The summed E-state index contributed by atoms with van der Waals surface area (Å²) in [5.41, 5.74) is 1.64. The van der Waals surface area contributed by atoms with Crippen LogP contribution in [0.4, 0.5) is 5.69 Å². The van der Waals surface area contributed by atoms with Crippen LogP contribution in [0.2, 0.25) is 5.02 Å². The summed E-state index contributed by atoms with van der Waals surface area (Å²) in [5, 5.41) is 11.8. The number of aromatic nitrogens is 6. The maximum atomic E-state index is 14.4. The second-order valence-corrected chi connectivity index (χ2v) is 10.6. The summed E-state index contributed by atoms with van der Waals surface area (Å²) in [6, 6.07) is 21.7. The zero-order valence-corrected chi connectivity index (χ0v) is 25.8. The second-order valence-electron chi connectivity index (χ2n) is 10.2. The molecule has 0 saturated heterocycles. The molecule has 13 heteroatoms. The van der Waals surface area contributed by atoms with Crippen molar-refractivity contribution in [2.45, 2.75) is 19.9 Å². The number of benzene rings is 3. The third kappa shape index (κ3) is 5.61. The molecule has 232 valence electrons. The Bertz CT molecular complexity index is 2120. The van der Waals surface area contributed by atoms with Gasteiger partial charge in [0.25, 0.3) is 11.5 Å². The summed E-state index contributed by atoms with van der Waals surface area (Å²) in [6.07, 6.45) is 3.42. The van der Waals surface area contributed by atoms with Crippen LogP contribution in [0.5, 0.6) is 5.75 Å². The molecule has 1 N–H and O–H groups in total. The maximum absolute atomic E-state index is 14.4. The first-order chi connectivity index (χ1) is 22.3. The lowest BCUT2D eigenvalue weighted by Gasteiger charge is -2.22. The Labute approximate surface area is 267 Å². The van der Waals surface area contributed by atoms with E-state index < -0.39 is 23.5 Å². The molecular weight excluding hydrogens is 610 g/mol. The number of ether oxygens (including phenoxy) is 2. The van der Waals surface area contributed by atoms with Crippen LogP contribution in [-0.4, -0.2) is 54.7 Å². The molecule has 6 aromatic rings. The number of fused-ring (bicyclic) bond motifs is 1. The van der Waals surface area contributed by atoms with Gasteiger partial charge < -0.3 is 19.4 Å². The summed E-state index contributed by atoms with van der Waals surface area (Å²) in [7, 11) is 1.46. The minimum atomic E-state index is -1.41. The van der Waals surface area contributed by atoms with E-state index in [1.165, 1.54) is 22.4 Å². The summed E-state index contributed by atoms with van der Waals surface area (Å²) >= 11 is 6.26. The van der Waals surface area contributed by atoms with Gasteiger partial charge in [-0.2, -0.15) is 0 Å². The van der Waals surface area contributed by atoms with Gasteiger partial charge in [-0.25, -0.2) is 14.5 Å². The number of carbonyl (C=O) groups is 2. The lowest BCUT2D eigenvalue weighted by atomic mass is 10.1. The average Bonchev–Trinajstić information content (AvgIpc) is 3.66. The number of amides is 1. The molecule has 3 aromatic heterocycles. The summed E-state index contributed by atoms with van der Waals surface area (Å²) in [5.74, 6) is -0.979. The molecule has 0 fully saturated rings. The number of hydrogen-bond donors (Lipinski definition) is 1. The highest BCUT2D eigenvalue weighted by atomic mass is 35.5. The molecule has 1 amide bonds. The van der Waals surface area contributed by atoms with E-state index in [1.807, 2.05) is 36.4 Å². The number of halogens is 1. The van der Waals surface area contributed by atoms with E-state index in [0.29, 0.717) is 27.4 Å². The van der Waals surface area contributed by atoms with Gasteiger partial charge in [-0.05, 0) is 56.3 Å². The lowest BCUT2D eigenvalue weighted by molar-refractivity contribution is -0.118. The predicted octanol–water partition coefficient (Wildman–Crippen LogP) is 5.14. The quantitative estimate of drug-likeness (QED) is 0.215. The first-order valence-electron chi connectivity index (χ1n) is 14.3. The number of methoxy groups -OCH3 is 1. The third-order valence-corrected chi connectivity index (χ3v) is 7.56. The van der Waals surface area contributed by atoms with Crippen LogP contribution in [0.25, 0.3) is 22.3 Å². The van der Waals surface area contributed by atoms with Gasteiger partial charge in [-0.3, -0.25) is 14.2 Å². The zero-order chi connectivity index (χ0) is 32.4.